The number of thiocarbonyl (C=S) groups is 1. The van der Waals surface area contributed by atoms with Crippen molar-refractivity contribution in [1.29, 1.82) is 0 Å². The first kappa shape index (κ1) is 26.4. The van der Waals surface area contributed by atoms with Gasteiger partial charge < -0.3 is 10.1 Å². The Morgan fingerprint density at radius 2 is 1.84 bits per heavy atom. The Bertz CT molecular complexity index is 1390. The van der Waals surface area contributed by atoms with Gasteiger partial charge in [0.15, 0.2) is 10.9 Å². The third-order valence-corrected chi connectivity index (χ3v) is 6.73. The third-order valence-electron chi connectivity index (χ3n) is 5.42. The van der Waals surface area contributed by atoms with Gasteiger partial charge >= 0.3 is 6.18 Å². The van der Waals surface area contributed by atoms with Gasteiger partial charge in [0.05, 0.1) is 16.2 Å². The standard InChI is InChI=1S/C27H21F3N2O3S2/c1-2-18-8-3-4-12-22(18)31-24(33)16-35-21-11-5-7-17(13-21)14-23-25(34)32(26(36)37-23)20-10-6-9-19(15-20)27(28,29)30/h3-15H,2,16H2,1H3,(H,31,33)/b23-14-. The Kier molecular flexibility index (Phi) is 7.99. The van der Waals surface area contributed by atoms with Crippen molar-refractivity contribution in [2.24, 2.45) is 0 Å². The second-order valence-corrected chi connectivity index (χ2v) is 9.66. The fraction of sp³-hybridized carbons (Fsp3) is 0.148. The number of para-hydroxylation sites is 1. The van der Waals surface area contributed by atoms with E-state index in [-0.39, 0.29) is 27.4 Å². The van der Waals surface area contributed by atoms with Gasteiger partial charge in [-0.1, -0.05) is 67.3 Å². The molecular weight excluding hydrogens is 521 g/mol. The highest BCUT2D eigenvalue weighted by atomic mass is 32.2. The van der Waals surface area contributed by atoms with Crippen LogP contribution in [-0.2, 0) is 22.2 Å². The monoisotopic (exact) mass is 542 g/mol. The van der Waals surface area contributed by atoms with Gasteiger partial charge in [-0.2, -0.15) is 13.2 Å². The molecule has 3 aromatic carbocycles. The molecule has 190 valence electrons. The Morgan fingerprint density at radius 3 is 2.59 bits per heavy atom. The van der Waals surface area contributed by atoms with Crippen molar-refractivity contribution in [3.05, 3.63) is 94.4 Å². The number of carbonyl (C=O) groups is 2. The molecule has 5 nitrogen and oxygen atoms in total. The lowest BCUT2D eigenvalue weighted by molar-refractivity contribution is -0.137. The van der Waals surface area contributed by atoms with Gasteiger partial charge in [0.25, 0.3) is 11.8 Å². The number of thioether (sulfide) groups is 1. The van der Waals surface area contributed by atoms with Crippen LogP contribution in [0.3, 0.4) is 0 Å². The lowest BCUT2D eigenvalue weighted by Crippen LogP contribution is -2.27. The van der Waals surface area contributed by atoms with Crippen molar-refractivity contribution in [2.75, 3.05) is 16.8 Å². The first-order valence-corrected chi connectivity index (χ1v) is 12.4. The number of hydrogen-bond donors (Lipinski definition) is 1. The number of carbonyl (C=O) groups excluding carboxylic acids is 2. The second kappa shape index (κ2) is 11.2. The number of alkyl halides is 3. The summed E-state index contributed by atoms with van der Waals surface area (Å²) in [6.07, 6.45) is -2.18. The van der Waals surface area contributed by atoms with E-state index >= 15 is 0 Å². The summed E-state index contributed by atoms with van der Waals surface area (Å²) in [5.41, 5.74) is 1.54. The average molecular weight is 543 g/mol. The zero-order chi connectivity index (χ0) is 26.6. The van der Waals surface area contributed by atoms with Gasteiger partial charge in [-0.05, 0) is 60.0 Å². The summed E-state index contributed by atoms with van der Waals surface area (Å²) < 4.78 is 45.1. The molecule has 37 heavy (non-hydrogen) atoms. The molecule has 0 bridgehead atoms. The van der Waals surface area contributed by atoms with Crippen molar-refractivity contribution < 1.29 is 27.5 Å². The number of benzene rings is 3. The van der Waals surface area contributed by atoms with Gasteiger partial charge in [-0.25, -0.2) is 0 Å². The number of halogens is 3. The van der Waals surface area contributed by atoms with E-state index < -0.39 is 17.6 Å². The van der Waals surface area contributed by atoms with E-state index in [1.54, 1.807) is 30.3 Å². The highest BCUT2D eigenvalue weighted by molar-refractivity contribution is 8.27. The summed E-state index contributed by atoms with van der Waals surface area (Å²) in [7, 11) is 0. The van der Waals surface area contributed by atoms with Crippen molar-refractivity contribution in [3.63, 3.8) is 0 Å². The minimum Gasteiger partial charge on any atom is -0.484 e. The normalized spacial score (nSPS) is 14.8. The lowest BCUT2D eigenvalue weighted by atomic mass is 10.1. The molecule has 1 N–H and O–H groups in total. The molecule has 1 heterocycles. The van der Waals surface area contributed by atoms with Gasteiger partial charge in [0.2, 0.25) is 0 Å². The minimum absolute atomic E-state index is 0.0495. The SMILES string of the molecule is CCc1ccccc1NC(=O)COc1cccc(/C=C2\SC(=S)N(c3cccc(C(F)(F)F)c3)C2=O)c1. The molecule has 0 aromatic heterocycles. The highest BCUT2D eigenvalue weighted by Gasteiger charge is 2.36. The van der Waals surface area contributed by atoms with E-state index in [9.17, 15) is 22.8 Å². The summed E-state index contributed by atoms with van der Waals surface area (Å²) >= 11 is 6.27. The largest absolute Gasteiger partial charge is 0.484 e. The molecule has 0 atom stereocenters. The molecule has 3 aromatic rings. The van der Waals surface area contributed by atoms with E-state index in [1.807, 2.05) is 31.2 Å². The molecule has 1 aliphatic rings. The molecule has 0 saturated carbocycles. The number of amides is 2. The Hall–Kier alpha value is -3.63. The summed E-state index contributed by atoms with van der Waals surface area (Å²) in [5, 5.41) is 2.84. The van der Waals surface area contributed by atoms with E-state index in [0.717, 1.165) is 46.5 Å². The Labute approximate surface area is 221 Å². The quantitative estimate of drug-likeness (QED) is 0.266. The van der Waals surface area contributed by atoms with Gasteiger partial charge in [-0.15, -0.1) is 0 Å². The van der Waals surface area contributed by atoms with E-state index in [0.29, 0.717) is 11.3 Å². The number of hydrogen-bond acceptors (Lipinski definition) is 5. The first-order chi connectivity index (χ1) is 17.7. The van der Waals surface area contributed by atoms with Crippen LogP contribution in [0.5, 0.6) is 5.75 Å². The van der Waals surface area contributed by atoms with Crippen LogP contribution in [0.25, 0.3) is 6.08 Å². The van der Waals surface area contributed by atoms with Crippen LogP contribution >= 0.6 is 24.0 Å². The first-order valence-electron chi connectivity index (χ1n) is 11.2. The molecule has 1 aliphatic heterocycles. The minimum atomic E-state index is -4.54. The van der Waals surface area contributed by atoms with Crippen LogP contribution in [0.4, 0.5) is 24.5 Å². The summed E-state index contributed by atoms with van der Waals surface area (Å²) in [6, 6.07) is 18.8. The molecule has 0 unspecified atom stereocenters. The summed E-state index contributed by atoms with van der Waals surface area (Å²) in [6.45, 7) is 1.79. The number of nitrogens with one attached hydrogen (secondary N) is 1. The third kappa shape index (κ3) is 6.39. The number of aryl methyl sites for hydroxylation is 1. The van der Waals surface area contributed by atoms with E-state index in [2.05, 4.69) is 5.32 Å². The average Bonchev–Trinajstić information content (AvgIpc) is 3.15. The fourth-order valence-electron chi connectivity index (χ4n) is 3.64. The number of anilines is 2. The molecule has 1 fully saturated rings. The lowest BCUT2D eigenvalue weighted by Gasteiger charge is -2.16. The van der Waals surface area contributed by atoms with Gasteiger partial charge in [0, 0.05) is 5.69 Å². The molecule has 4 rings (SSSR count). The van der Waals surface area contributed by atoms with Crippen LogP contribution in [0.1, 0.15) is 23.6 Å². The number of rotatable bonds is 7. The van der Waals surface area contributed by atoms with Crippen molar-refractivity contribution in [3.8, 4) is 5.75 Å². The number of nitrogens with zero attached hydrogens (tertiary/aromatic N) is 1. The predicted molar refractivity (Wildman–Crippen MR) is 143 cm³/mol. The molecule has 2 amide bonds. The Morgan fingerprint density at radius 1 is 1.08 bits per heavy atom. The van der Waals surface area contributed by atoms with Crippen LogP contribution in [0.15, 0.2) is 77.7 Å². The van der Waals surface area contributed by atoms with Crippen molar-refractivity contribution in [1.82, 2.24) is 0 Å². The van der Waals surface area contributed by atoms with Crippen molar-refractivity contribution in [2.45, 2.75) is 19.5 Å². The topological polar surface area (TPSA) is 58.6 Å². The molecule has 0 aliphatic carbocycles. The zero-order valence-electron chi connectivity index (χ0n) is 19.5. The maximum atomic E-state index is 13.1. The maximum Gasteiger partial charge on any atom is 0.416 e. The fourth-order valence-corrected chi connectivity index (χ4v) is 4.94. The van der Waals surface area contributed by atoms with E-state index in [1.165, 1.54) is 12.1 Å². The predicted octanol–water partition coefficient (Wildman–Crippen LogP) is 6.69. The number of ether oxygens (including phenoxy) is 1. The molecular formula is C27H21F3N2O3S2. The Balaban J connectivity index is 1.45. The summed E-state index contributed by atoms with van der Waals surface area (Å²) in [4.78, 5) is 26.7. The maximum absolute atomic E-state index is 13.1. The second-order valence-electron chi connectivity index (χ2n) is 7.99. The van der Waals surface area contributed by atoms with Crippen LogP contribution in [-0.4, -0.2) is 22.7 Å². The molecule has 1 saturated heterocycles. The molecule has 0 spiro atoms. The van der Waals surface area contributed by atoms with Crippen LogP contribution in [0.2, 0.25) is 0 Å². The van der Waals surface area contributed by atoms with Crippen molar-refractivity contribution >= 4 is 57.6 Å². The molecule has 10 heteroatoms. The van der Waals surface area contributed by atoms with Crippen LogP contribution in [0, 0.1) is 0 Å². The molecule has 0 radical (unpaired) electrons. The van der Waals surface area contributed by atoms with Gasteiger partial charge in [-0.3, -0.25) is 14.5 Å². The highest BCUT2D eigenvalue weighted by Crippen LogP contribution is 2.38. The summed E-state index contributed by atoms with van der Waals surface area (Å²) in [5.74, 6) is -0.413. The smallest absolute Gasteiger partial charge is 0.416 e. The van der Waals surface area contributed by atoms with E-state index in [4.69, 9.17) is 17.0 Å². The van der Waals surface area contributed by atoms with Crippen LogP contribution < -0.4 is 15.0 Å². The zero-order valence-corrected chi connectivity index (χ0v) is 21.2. The van der Waals surface area contributed by atoms with Gasteiger partial charge in [0.1, 0.15) is 5.75 Å².